The van der Waals surface area contributed by atoms with Crippen molar-refractivity contribution in [2.45, 2.75) is 25.9 Å². The van der Waals surface area contributed by atoms with E-state index in [9.17, 15) is 10.2 Å². The molecule has 106 valence electrons. The van der Waals surface area contributed by atoms with Gasteiger partial charge in [0.1, 0.15) is 0 Å². The van der Waals surface area contributed by atoms with Crippen LogP contribution in [0.25, 0.3) is 0 Å². The topological polar surface area (TPSA) is 49.7 Å². The molecule has 3 heteroatoms. The Morgan fingerprint density at radius 1 is 1.15 bits per heavy atom. The summed E-state index contributed by atoms with van der Waals surface area (Å²) in [6.45, 7) is 2.04. The molecule has 0 bridgehead atoms. The number of phenolic OH excluding ortho intramolecular Hbond substituents is 1. The normalized spacial score (nSPS) is 12.2. The average Bonchev–Trinajstić information content (AvgIpc) is 2.50. The molecular weight excluding hydrogens is 252 g/mol. The Labute approximate surface area is 119 Å². The quantitative estimate of drug-likeness (QED) is 0.878. The van der Waals surface area contributed by atoms with Gasteiger partial charge in [0, 0.05) is 12.0 Å². The Morgan fingerprint density at radius 2 is 1.85 bits per heavy atom. The summed E-state index contributed by atoms with van der Waals surface area (Å²) in [5.41, 5.74) is 2.63. The molecule has 2 N–H and O–H groups in total. The van der Waals surface area contributed by atoms with Crippen LogP contribution in [-0.4, -0.2) is 17.3 Å². The van der Waals surface area contributed by atoms with Gasteiger partial charge in [0.25, 0.3) is 0 Å². The maximum absolute atomic E-state index is 10.3. The molecule has 1 unspecified atom stereocenters. The van der Waals surface area contributed by atoms with Crippen LogP contribution in [0.5, 0.6) is 11.5 Å². The molecular formula is C17H20O3. The highest BCUT2D eigenvalue weighted by Gasteiger charge is 2.15. The second-order valence-electron chi connectivity index (χ2n) is 4.79. The minimum Gasteiger partial charge on any atom is -0.504 e. The van der Waals surface area contributed by atoms with Gasteiger partial charge in [0.15, 0.2) is 11.5 Å². The number of ether oxygens (including phenoxy) is 1. The molecule has 2 aromatic rings. The van der Waals surface area contributed by atoms with Crippen molar-refractivity contribution in [3.05, 3.63) is 59.2 Å². The third-order valence-electron chi connectivity index (χ3n) is 3.44. The Morgan fingerprint density at radius 3 is 2.45 bits per heavy atom. The first-order valence-electron chi connectivity index (χ1n) is 6.77. The van der Waals surface area contributed by atoms with Crippen LogP contribution >= 0.6 is 0 Å². The largest absolute Gasteiger partial charge is 0.504 e. The SMILES string of the molecule is CCc1cc(CC(O)c2ccccc2)c(O)c(OC)c1. The van der Waals surface area contributed by atoms with Gasteiger partial charge in [-0.2, -0.15) is 0 Å². The zero-order valence-electron chi connectivity index (χ0n) is 11.8. The molecule has 1 atom stereocenters. The van der Waals surface area contributed by atoms with Crippen LogP contribution < -0.4 is 4.74 Å². The van der Waals surface area contributed by atoms with E-state index in [1.807, 2.05) is 49.4 Å². The fourth-order valence-corrected chi connectivity index (χ4v) is 2.25. The van der Waals surface area contributed by atoms with Gasteiger partial charge < -0.3 is 14.9 Å². The van der Waals surface area contributed by atoms with Crippen molar-refractivity contribution in [2.24, 2.45) is 0 Å². The summed E-state index contributed by atoms with van der Waals surface area (Å²) >= 11 is 0. The van der Waals surface area contributed by atoms with E-state index >= 15 is 0 Å². The number of phenols is 1. The van der Waals surface area contributed by atoms with Crippen molar-refractivity contribution in [1.82, 2.24) is 0 Å². The van der Waals surface area contributed by atoms with Crippen LogP contribution in [0, 0.1) is 0 Å². The minimum absolute atomic E-state index is 0.111. The molecule has 20 heavy (non-hydrogen) atoms. The fraction of sp³-hybridized carbons (Fsp3) is 0.294. The predicted octanol–water partition coefficient (Wildman–Crippen LogP) is 3.24. The van der Waals surface area contributed by atoms with Crippen LogP contribution in [0.3, 0.4) is 0 Å². The third-order valence-corrected chi connectivity index (χ3v) is 3.44. The Balaban J connectivity index is 2.28. The summed E-state index contributed by atoms with van der Waals surface area (Å²) in [6.07, 6.45) is 0.574. The lowest BCUT2D eigenvalue weighted by atomic mass is 9.98. The smallest absolute Gasteiger partial charge is 0.161 e. The lowest BCUT2D eigenvalue weighted by Crippen LogP contribution is -2.03. The zero-order valence-corrected chi connectivity index (χ0v) is 11.8. The molecule has 0 spiro atoms. The van der Waals surface area contributed by atoms with Gasteiger partial charge in [-0.15, -0.1) is 0 Å². The highest BCUT2D eigenvalue weighted by Crippen LogP contribution is 2.34. The molecule has 0 saturated carbocycles. The van der Waals surface area contributed by atoms with Gasteiger partial charge in [-0.05, 0) is 23.6 Å². The number of rotatable bonds is 5. The van der Waals surface area contributed by atoms with E-state index in [0.29, 0.717) is 17.7 Å². The van der Waals surface area contributed by atoms with E-state index in [2.05, 4.69) is 0 Å². The van der Waals surface area contributed by atoms with Crippen LogP contribution in [0.2, 0.25) is 0 Å². The Bertz CT molecular complexity index is 564. The number of methoxy groups -OCH3 is 1. The highest BCUT2D eigenvalue weighted by molar-refractivity contribution is 5.49. The van der Waals surface area contributed by atoms with Crippen molar-refractivity contribution in [3.8, 4) is 11.5 Å². The molecule has 2 aromatic carbocycles. The number of aliphatic hydroxyl groups excluding tert-OH is 1. The van der Waals surface area contributed by atoms with Gasteiger partial charge in [-0.1, -0.05) is 43.3 Å². The summed E-state index contributed by atoms with van der Waals surface area (Å²) in [5, 5.41) is 20.4. The molecule has 0 aliphatic heterocycles. The number of hydrogen-bond acceptors (Lipinski definition) is 3. The predicted molar refractivity (Wildman–Crippen MR) is 79.1 cm³/mol. The molecule has 0 radical (unpaired) electrons. The van der Waals surface area contributed by atoms with E-state index in [-0.39, 0.29) is 5.75 Å². The molecule has 0 fully saturated rings. The lowest BCUT2D eigenvalue weighted by molar-refractivity contribution is 0.177. The number of aliphatic hydroxyl groups is 1. The maximum Gasteiger partial charge on any atom is 0.161 e. The molecule has 0 aliphatic rings. The fourth-order valence-electron chi connectivity index (χ4n) is 2.25. The van der Waals surface area contributed by atoms with Crippen LogP contribution in [0.15, 0.2) is 42.5 Å². The van der Waals surface area contributed by atoms with E-state index in [4.69, 9.17) is 4.74 Å². The molecule has 3 nitrogen and oxygen atoms in total. The maximum atomic E-state index is 10.3. The molecule has 0 heterocycles. The van der Waals surface area contributed by atoms with Crippen LogP contribution in [-0.2, 0) is 12.8 Å². The zero-order chi connectivity index (χ0) is 14.5. The molecule has 0 aromatic heterocycles. The van der Waals surface area contributed by atoms with Gasteiger partial charge in [-0.25, -0.2) is 0 Å². The standard InChI is InChI=1S/C17H20O3/c1-3-12-9-14(17(19)16(10-12)20-2)11-15(18)13-7-5-4-6-8-13/h4-10,15,18-19H,3,11H2,1-2H3. The Hall–Kier alpha value is -2.00. The Kier molecular flexibility index (Phi) is 4.64. The first kappa shape index (κ1) is 14.4. The monoisotopic (exact) mass is 272 g/mol. The molecule has 0 saturated heterocycles. The third kappa shape index (κ3) is 3.11. The molecule has 2 rings (SSSR count). The number of hydrogen-bond donors (Lipinski definition) is 2. The summed E-state index contributed by atoms with van der Waals surface area (Å²) < 4.78 is 5.18. The summed E-state index contributed by atoms with van der Waals surface area (Å²) in [7, 11) is 1.53. The van der Waals surface area contributed by atoms with Crippen molar-refractivity contribution in [3.63, 3.8) is 0 Å². The van der Waals surface area contributed by atoms with E-state index in [0.717, 1.165) is 17.5 Å². The molecule has 0 amide bonds. The second kappa shape index (κ2) is 6.44. The van der Waals surface area contributed by atoms with Gasteiger partial charge in [-0.3, -0.25) is 0 Å². The van der Waals surface area contributed by atoms with Crippen molar-refractivity contribution >= 4 is 0 Å². The van der Waals surface area contributed by atoms with Gasteiger partial charge >= 0.3 is 0 Å². The van der Waals surface area contributed by atoms with Gasteiger partial charge in [0.2, 0.25) is 0 Å². The first-order chi connectivity index (χ1) is 9.65. The number of aromatic hydroxyl groups is 1. The van der Waals surface area contributed by atoms with Gasteiger partial charge in [0.05, 0.1) is 13.2 Å². The highest BCUT2D eigenvalue weighted by atomic mass is 16.5. The van der Waals surface area contributed by atoms with Crippen LogP contribution in [0.4, 0.5) is 0 Å². The second-order valence-corrected chi connectivity index (χ2v) is 4.79. The molecule has 0 aliphatic carbocycles. The van der Waals surface area contributed by atoms with Crippen molar-refractivity contribution < 1.29 is 14.9 Å². The van der Waals surface area contributed by atoms with Crippen molar-refractivity contribution in [1.29, 1.82) is 0 Å². The van der Waals surface area contributed by atoms with E-state index in [1.54, 1.807) is 0 Å². The average molecular weight is 272 g/mol. The summed E-state index contributed by atoms with van der Waals surface area (Å²) in [5.74, 6) is 0.569. The van der Waals surface area contributed by atoms with E-state index < -0.39 is 6.10 Å². The summed E-state index contributed by atoms with van der Waals surface area (Å²) in [6, 6.07) is 13.2. The lowest BCUT2D eigenvalue weighted by Gasteiger charge is -2.15. The minimum atomic E-state index is -0.640. The number of benzene rings is 2. The van der Waals surface area contributed by atoms with Crippen molar-refractivity contribution in [2.75, 3.05) is 7.11 Å². The number of aryl methyl sites for hydroxylation is 1. The van der Waals surface area contributed by atoms with Crippen LogP contribution in [0.1, 0.15) is 29.7 Å². The van der Waals surface area contributed by atoms with E-state index in [1.165, 1.54) is 7.11 Å². The summed E-state index contributed by atoms with van der Waals surface area (Å²) in [4.78, 5) is 0. The first-order valence-corrected chi connectivity index (χ1v) is 6.77.